The number of nitrogens with one attached hydrogen (secondary N) is 2. The molecule has 0 bridgehead atoms. The van der Waals surface area contributed by atoms with E-state index < -0.39 is 5.91 Å². The van der Waals surface area contributed by atoms with E-state index in [0.717, 1.165) is 23.1 Å². The third-order valence-corrected chi connectivity index (χ3v) is 5.73. The molecule has 2 aliphatic heterocycles. The van der Waals surface area contributed by atoms with Gasteiger partial charge in [0.2, 0.25) is 0 Å². The molecule has 144 valence electrons. The predicted octanol–water partition coefficient (Wildman–Crippen LogP) is 3.81. The number of carbonyl (C=O) groups is 2. The van der Waals surface area contributed by atoms with Crippen LogP contribution in [-0.4, -0.2) is 36.3 Å². The lowest BCUT2D eigenvalue weighted by Crippen LogP contribution is -2.36. The summed E-state index contributed by atoms with van der Waals surface area (Å²) in [5, 5.41) is 5.57. The first kappa shape index (κ1) is 18.9. The number of likely N-dealkylation sites (tertiary alicyclic amines) is 1. The second-order valence-corrected chi connectivity index (χ2v) is 8.09. The molecule has 2 aliphatic rings. The zero-order chi connectivity index (χ0) is 19.5. The fraction of sp³-hybridized carbons (Fsp3) is 0.273. The van der Waals surface area contributed by atoms with Crippen LogP contribution in [0.2, 0.25) is 0 Å². The van der Waals surface area contributed by atoms with Crippen molar-refractivity contribution < 1.29 is 9.59 Å². The van der Waals surface area contributed by atoms with Crippen molar-refractivity contribution in [3.8, 4) is 0 Å². The fourth-order valence-corrected chi connectivity index (χ4v) is 4.02. The van der Waals surface area contributed by atoms with Crippen LogP contribution in [0, 0.1) is 0 Å². The number of imide groups is 1. The maximum atomic E-state index is 12.3. The molecule has 2 N–H and O–H groups in total. The van der Waals surface area contributed by atoms with E-state index in [9.17, 15) is 9.59 Å². The second kappa shape index (κ2) is 8.29. The van der Waals surface area contributed by atoms with Crippen LogP contribution in [0.25, 0.3) is 5.57 Å². The summed E-state index contributed by atoms with van der Waals surface area (Å²) in [6.45, 7) is 3.54. The molecule has 0 aliphatic carbocycles. The molecule has 1 fully saturated rings. The van der Waals surface area contributed by atoms with Gasteiger partial charge in [-0.3, -0.25) is 14.9 Å². The first-order valence-electron chi connectivity index (χ1n) is 9.54. The first-order chi connectivity index (χ1) is 13.6. The lowest BCUT2D eigenvalue weighted by atomic mass is 9.95. The van der Waals surface area contributed by atoms with Crippen LogP contribution in [-0.2, 0) is 11.2 Å². The summed E-state index contributed by atoms with van der Waals surface area (Å²) < 4.78 is 0.821. The summed E-state index contributed by atoms with van der Waals surface area (Å²) in [6.07, 6.45) is 5.34. The lowest BCUT2D eigenvalue weighted by Gasteiger charge is -2.18. The largest absolute Gasteiger partial charge is 0.361 e. The maximum Gasteiger partial charge on any atom is 0.260 e. The molecule has 0 spiro atoms. The van der Waals surface area contributed by atoms with Gasteiger partial charge in [-0.25, -0.2) is 0 Å². The Bertz CT molecular complexity index is 931. The van der Waals surface area contributed by atoms with Gasteiger partial charge >= 0.3 is 0 Å². The number of anilines is 1. The molecule has 2 heterocycles. The minimum atomic E-state index is -0.398. The number of halogens is 1. The van der Waals surface area contributed by atoms with Crippen molar-refractivity contribution in [2.24, 2.45) is 0 Å². The van der Waals surface area contributed by atoms with Gasteiger partial charge in [0.15, 0.2) is 0 Å². The number of fused-ring (bicyclic) bond motifs is 1. The van der Waals surface area contributed by atoms with Gasteiger partial charge in [0.1, 0.15) is 0 Å². The fourth-order valence-electron chi connectivity index (χ4n) is 3.66. The van der Waals surface area contributed by atoms with Gasteiger partial charge in [-0.05, 0) is 68.2 Å². The molecule has 6 heteroatoms. The third-order valence-electron chi connectivity index (χ3n) is 5.24. The van der Waals surface area contributed by atoms with E-state index >= 15 is 0 Å². The Morgan fingerprint density at radius 1 is 1.00 bits per heavy atom. The van der Waals surface area contributed by atoms with E-state index in [0.29, 0.717) is 16.7 Å². The molecular formula is C22H22BrN3O2. The van der Waals surface area contributed by atoms with E-state index in [2.05, 4.69) is 43.6 Å². The van der Waals surface area contributed by atoms with Gasteiger partial charge < -0.3 is 10.2 Å². The molecule has 0 atom stereocenters. The van der Waals surface area contributed by atoms with Gasteiger partial charge in [-0.15, -0.1) is 0 Å². The number of hydrogen-bond donors (Lipinski definition) is 2. The van der Waals surface area contributed by atoms with E-state index in [1.54, 1.807) is 24.4 Å². The Kier molecular flexibility index (Phi) is 5.59. The quantitative estimate of drug-likeness (QED) is 0.549. The molecule has 1 saturated heterocycles. The van der Waals surface area contributed by atoms with E-state index in [1.165, 1.54) is 31.5 Å². The zero-order valence-electron chi connectivity index (χ0n) is 15.5. The van der Waals surface area contributed by atoms with Crippen molar-refractivity contribution in [3.05, 3.63) is 69.8 Å². The molecule has 2 aromatic carbocycles. The summed E-state index contributed by atoms with van der Waals surface area (Å²) >= 11 is 3.41. The van der Waals surface area contributed by atoms with Crippen molar-refractivity contribution >= 4 is 39.0 Å². The van der Waals surface area contributed by atoms with Crippen molar-refractivity contribution in [1.82, 2.24) is 10.2 Å². The summed E-state index contributed by atoms with van der Waals surface area (Å²) in [7, 11) is 0. The molecule has 0 aromatic heterocycles. The molecule has 2 aromatic rings. The van der Waals surface area contributed by atoms with Crippen molar-refractivity contribution in [3.63, 3.8) is 0 Å². The van der Waals surface area contributed by atoms with E-state index in [4.69, 9.17) is 0 Å². The number of carbonyl (C=O) groups excluding carboxylic acids is 2. The second-order valence-electron chi connectivity index (χ2n) is 7.17. The smallest absolute Gasteiger partial charge is 0.260 e. The van der Waals surface area contributed by atoms with Gasteiger partial charge in [0.25, 0.3) is 11.8 Å². The lowest BCUT2D eigenvalue weighted by molar-refractivity contribution is -0.114. The van der Waals surface area contributed by atoms with Crippen LogP contribution < -0.4 is 10.6 Å². The minimum Gasteiger partial charge on any atom is -0.361 e. The number of nitrogens with zero attached hydrogens (tertiary/aromatic N) is 1. The molecule has 0 radical (unpaired) electrons. The van der Waals surface area contributed by atoms with Crippen LogP contribution in [0.4, 0.5) is 5.69 Å². The molecular weight excluding hydrogens is 418 g/mol. The average molecular weight is 440 g/mol. The molecule has 4 rings (SSSR count). The highest BCUT2D eigenvalue weighted by molar-refractivity contribution is 9.10. The Hall–Kier alpha value is -2.44. The molecule has 28 heavy (non-hydrogen) atoms. The number of benzene rings is 2. The molecule has 0 unspecified atom stereocenters. The minimum absolute atomic E-state index is 0.369. The number of rotatable bonds is 5. The third kappa shape index (κ3) is 4.18. The standard InChI is InChI=1S/C22H22BrN3O2/c23-16-5-8-18-19(13-16)20(22(28)25-21(18)27)14-24-17-6-3-15(4-7-17)9-12-26-10-1-2-11-26/h3-8,13-14,24H,1-2,9-12H2,(H,25,27,28)/b20-14-. The molecule has 5 nitrogen and oxygen atoms in total. The van der Waals surface area contributed by atoms with Gasteiger partial charge in [0.05, 0.1) is 5.57 Å². The predicted molar refractivity (Wildman–Crippen MR) is 114 cm³/mol. The maximum absolute atomic E-state index is 12.3. The monoisotopic (exact) mass is 439 g/mol. The zero-order valence-corrected chi connectivity index (χ0v) is 17.1. The molecule has 2 amide bonds. The molecule has 0 saturated carbocycles. The first-order valence-corrected chi connectivity index (χ1v) is 10.3. The SMILES string of the molecule is O=C1NC(=O)c2ccc(Br)cc2/C1=C/Nc1ccc(CCN2CCCC2)cc1. The van der Waals surface area contributed by atoms with Gasteiger partial charge in [-0.2, -0.15) is 0 Å². The Labute approximate surface area is 172 Å². The Balaban J connectivity index is 1.46. The van der Waals surface area contributed by atoms with Crippen molar-refractivity contribution in [2.75, 3.05) is 25.0 Å². The number of hydrogen-bond acceptors (Lipinski definition) is 4. The summed E-state index contributed by atoms with van der Waals surface area (Å²) in [6, 6.07) is 13.6. The summed E-state index contributed by atoms with van der Waals surface area (Å²) in [4.78, 5) is 26.8. The van der Waals surface area contributed by atoms with Gasteiger partial charge in [-0.1, -0.05) is 28.1 Å². The van der Waals surface area contributed by atoms with Crippen LogP contribution in [0.3, 0.4) is 0 Å². The topological polar surface area (TPSA) is 61.4 Å². The van der Waals surface area contributed by atoms with Crippen LogP contribution in [0.5, 0.6) is 0 Å². The average Bonchev–Trinajstić information content (AvgIpc) is 3.20. The summed E-state index contributed by atoms with van der Waals surface area (Å²) in [5.74, 6) is -0.766. The Morgan fingerprint density at radius 2 is 1.75 bits per heavy atom. The normalized spacial score (nSPS) is 18.2. The van der Waals surface area contributed by atoms with Crippen LogP contribution in [0.15, 0.2) is 53.1 Å². The van der Waals surface area contributed by atoms with Gasteiger partial charge in [0, 0.05) is 34.0 Å². The van der Waals surface area contributed by atoms with Crippen molar-refractivity contribution in [1.29, 1.82) is 0 Å². The number of amides is 2. The highest BCUT2D eigenvalue weighted by atomic mass is 79.9. The highest BCUT2D eigenvalue weighted by Crippen LogP contribution is 2.27. The van der Waals surface area contributed by atoms with Crippen molar-refractivity contribution in [2.45, 2.75) is 19.3 Å². The van der Waals surface area contributed by atoms with Crippen LogP contribution in [0.1, 0.15) is 34.3 Å². The van der Waals surface area contributed by atoms with E-state index in [1.807, 2.05) is 12.1 Å². The Morgan fingerprint density at radius 3 is 2.50 bits per heavy atom. The van der Waals surface area contributed by atoms with Crippen LogP contribution >= 0.6 is 15.9 Å². The summed E-state index contributed by atoms with van der Waals surface area (Å²) in [5.41, 5.74) is 3.76. The van der Waals surface area contributed by atoms with E-state index in [-0.39, 0.29) is 5.91 Å². The highest BCUT2D eigenvalue weighted by Gasteiger charge is 2.27.